The standard InChI is InChI=1S/C22H36N2O5/c1-4-5-13-29-21-16(2)18(7-8-20(21)28-3)22(27)23-14-17-9-11-24(10-6-12-25)15-19(17)26/h7-8,17,19,25-26H,4-6,9-15H2,1-3H3,(H,23,27)/t17-,19+/m0/s1. The van der Waals surface area contributed by atoms with Gasteiger partial charge in [0.2, 0.25) is 0 Å². The van der Waals surface area contributed by atoms with Crippen LogP contribution < -0.4 is 14.8 Å². The first-order valence-corrected chi connectivity index (χ1v) is 10.6. The van der Waals surface area contributed by atoms with Crippen LogP contribution in [0.25, 0.3) is 0 Å². The molecular weight excluding hydrogens is 372 g/mol. The number of hydrogen-bond donors (Lipinski definition) is 3. The molecule has 2 atom stereocenters. The summed E-state index contributed by atoms with van der Waals surface area (Å²) in [5, 5.41) is 22.3. The molecule has 0 bridgehead atoms. The van der Waals surface area contributed by atoms with Crippen molar-refractivity contribution >= 4 is 5.91 Å². The van der Waals surface area contributed by atoms with Crippen molar-refractivity contribution in [2.24, 2.45) is 5.92 Å². The summed E-state index contributed by atoms with van der Waals surface area (Å²) in [7, 11) is 1.59. The van der Waals surface area contributed by atoms with Crippen molar-refractivity contribution in [2.75, 3.05) is 46.5 Å². The molecular formula is C22H36N2O5. The molecule has 1 heterocycles. The number of carbonyl (C=O) groups is 1. The lowest BCUT2D eigenvalue weighted by atomic mass is 9.93. The van der Waals surface area contributed by atoms with E-state index in [9.17, 15) is 9.90 Å². The first-order valence-electron chi connectivity index (χ1n) is 10.6. The Morgan fingerprint density at radius 3 is 2.79 bits per heavy atom. The molecule has 1 aliphatic rings. The van der Waals surface area contributed by atoms with E-state index >= 15 is 0 Å². The predicted molar refractivity (Wildman–Crippen MR) is 113 cm³/mol. The third-order valence-electron chi connectivity index (χ3n) is 5.54. The Morgan fingerprint density at radius 1 is 1.34 bits per heavy atom. The zero-order valence-corrected chi connectivity index (χ0v) is 17.9. The van der Waals surface area contributed by atoms with Crippen LogP contribution >= 0.6 is 0 Å². The van der Waals surface area contributed by atoms with Crippen LogP contribution in [0.1, 0.15) is 48.5 Å². The zero-order valence-electron chi connectivity index (χ0n) is 17.9. The van der Waals surface area contributed by atoms with Crippen LogP contribution in [0.5, 0.6) is 11.5 Å². The molecule has 1 saturated heterocycles. The summed E-state index contributed by atoms with van der Waals surface area (Å²) in [6.07, 6.45) is 3.02. The second-order valence-electron chi connectivity index (χ2n) is 7.68. The van der Waals surface area contributed by atoms with E-state index in [2.05, 4.69) is 17.1 Å². The summed E-state index contributed by atoms with van der Waals surface area (Å²) in [5.74, 6) is 1.11. The smallest absolute Gasteiger partial charge is 0.251 e. The van der Waals surface area contributed by atoms with Gasteiger partial charge in [-0.3, -0.25) is 4.79 Å². The van der Waals surface area contributed by atoms with E-state index in [0.717, 1.165) is 37.9 Å². The van der Waals surface area contributed by atoms with Crippen molar-refractivity contribution in [3.8, 4) is 11.5 Å². The lowest BCUT2D eigenvalue weighted by Gasteiger charge is -2.36. The Bertz CT molecular complexity index is 652. The Hall–Kier alpha value is -1.83. The van der Waals surface area contributed by atoms with E-state index in [1.165, 1.54) is 0 Å². The topological polar surface area (TPSA) is 91.3 Å². The molecule has 29 heavy (non-hydrogen) atoms. The molecule has 0 spiro atoms. The van der Waals surface area contributed by atoms with Gasteiger partial charge in [-0.25, -0.2) is 0 Å². The third-order valence-corrected chi connectivity index (χ3v) is 5.54. The van der Waals surface area contributed by atoms with Gasteiger partial charge in [0.15, 0.2) is 11.5 Å². The predicted octanol–water partition coefficient (Wildman–Crippen LogP) is 1.98. The molecule has 0 unspecified atom stereocenters. The van der Waals surface area contributed by atoms with Gasteiger partial charge < -0.3 is 29.9 Å². The molecule has 1 fully saturated rings. The first-order chi connectivity index (χ1) is 14.0. The molecule has 2 rings (SSSR count). The minimum atomic E-state index is -0.479. The molecule has 7 nitrogen and oxygen atoms in total. The van der Waals surface area contributed by atoms with E-state index < -0.39 is 6.10 Å². The third kappa shape index (κ3) is 6.59. The van der Waals surface area contributed by atoms with Crippen molar-refractivity contribution in [3.05, 3.63) is 23.3 Å². The van der Waals surface area contributed by atoms with Crippen molar-refractivity contribution in [1.82, 2.24) is 10.2 Å². The number of carbonyl (C=O) groups excluding carboxylic acids is 1. The van der Waals surface area contributed by atoms with Crippen LogP contribution in [0.4, 0.5) is 0 Å². The van der Waals surface area contributed by atoms with Gasteiger partial charge >= 0.3 is 0 Å². The van der Waals surface area contributed by atoms with Crippen molar-refractivity contribution in [1.29, 1.82) is 0 Å². The minimum Gasteiger partial charge on any atom is -0.493 e. The van der Waals surface area contributed by atoms with Crippen molar-refractivity contribution in [2.45, 2.75) is 45.6 Å². The number of aliphatic hydroxyl groups excluding tert-OH is 2. The van der Waals surface area contributed by atoms with Crippen LogP contribution in [0, 0.1) is 12.8 Å². The summed E-state index contributed by atoms with van der Waals surface area (Å²) >= 11 is 0. The summed E-state index contributed by atoms with van der Waals surface area (Å²) in [5.41, 5.74) is 1.32. The number of nitrogens with zero attached hydrogens (tertiary/aromatic N) is 1. The number of amides is 1. The summed E-state index contributed by atoms with van der Waals surface area (Å²) in [6, 6.07) is 3.52. The van der Waals surface area contributed by atoms with E-state index in [0.29, 0.717) is 43.2 Å². The second kappa shape index (κ2) is 12.0. The van der Waals surface area contributed by atoms with Crippen LogP contribution in [0.3, 0.4) is 0 Å². The number of nitrogens with one attached hydrogen (secondary N) is 1. The largest absolute Gasteiger partial charge is 0.493 e. The molecule has 0 radical (unpaired) electrons. The van der Waals surface area contributed by atoms with Gasteiger partial charge in [0, 0.05) is 43.3 Å². The number of ether oxygens (including phenoxy) is 2. The lowest BCUT2D eigenvalue weighted by Crippen LogP contribution is -2.48. The Kier molecular flexibility index (Phi) is 9.70. The molecule has 1 aliphatic heterocycles. The van der Waals surface area contributed by atoms with E-state index in [4.69, 9.17) is 14.6 Å². The van der Waals surface area contributed by atoms with Gasteiger partial charge in [-0.1, -0.05) is 13.3 Å². The minimum absolute atomic E-state index is 0.0307. The van der Waals surface area contributed by atoms with E-state index in [1.807, 2.05) is 6.92 Å². The Labute approximate surface area is 174 Å². The van der Waals surface area contributed by atoms with Crippen LogP contribution in [-0.2, 0) is 0 Å². The highest BCUT2D eigenvalue weighted by Gasteiger charge is 2.28. The number of likely N-dealkylation sites (tertiary alicyclic amines) is 1. The van der Waals surface area contributed by atoms with Crippen molar-refractivity contribution in [3.63, 3.8) is 0 Å². The number of aliphatic hydroxyl groups is 2. The maximum atomic E-state index is 12.8. The number of rotatable bonds is 11. The molecule has 164 valence electrons. The SMILES string of the molecule is CCCCOc1c(OC)ccc(C(=O)NC[C@@H]2CCN(CCCO)C[C@H]2O)c1C. The zero-order chi connectivity index (χ0) is 21.2. The number of β-amino-alcohol motifs (C(OH)–C–C–N with tert-alkyl or cyclic N) is 1. The highest BCUT2D eigenvalue weighted by atomic mass is 16.5. The highest BCUT2D eigenvalue weighted by Crippen LogP contribution is 2.33. The monoisotopic (exact) mass is 408 g/mol. The van der Waals surface area contributed by atoms with Crippen LogP contribution in [0.15, 0.2) is 12.1 Å². The molecule has 7 heteroatoms. The van der Waals surface area contributed by atoms with Crippen LogP contribution in [0.2, 0.25) is 0 Å². The second-order valence-corrected chi connectivity index (χ2v) is 7.68. The van der Waals surface area contributed by atoms with Gasteiger partial charge in [-0.2, -0.15) is 0 Å². The normalized spacial score (nSPS) is 19.8. The van der Waals surface area contributed by atoms with Gasteiger partial charge in [-0.05, 0) is 44.9 Å². The van der Waals surface area contributed by atoms with E-state index in [1.54, 1.807) is 19.2 Å². The summed E-state index contributed by atoms with van der Waals surface area (Å²) < 4.78 is 11.3. The molecule has 3 N–H and O–H groups in total. The van der Waals surface area contributed by atoms with Gasteiger partial charge in [-0.15, -0.1) is 0 Å². The van der Waals surface area contributed by atoms with Crippen LogP contribution in [-0.4, -0.2) is 73.6 Å². The number of unbranched alkanes of at least 4 members (excludes halogenated alkanes) is 1. The maximum Gasteiger partial charge on any atom is 0.251 e. The molecule has 1 aromatic carbocycles. The molecule has 0 saturated carbocycles. The molecule has 0 aromatic heterocycles. The Balaban J connectivity index is 1.96. The Morgan fingerprint density at radius 2 is 2.14 bits per heavy atom. The quantitative estimate of drug-likeness (QED) is 0.485. The van der Waals surface area contributed by atoms with E-state index in [-0.39, 0.29) is 18.4 Å². The fourth-order valence-corrected chi connectivity index (χ4v) is 3.67. The number of piperidine rings is 1. The molecule has 1 amide bonds. The first kappa shape index (κ1) is 23.4. The average Bonchev–Trinajstić information content (AvgIpc) is 2.72. The maximum absolute atomic E-state index is 12.8. The fraction of sp³-hybridized carbons (Fsp3) is 0.682. The summed E-state index contributed by atoms with van der Waals surface area (Å²) in [4.78, 5) is 14.9. The summed E-state index contributed by atoms with van der Waals surface area (Å²) in [6.45, 7) is 7.39. The fourth-order valence-electron chi connectivity index (χ4n) is 3.67. The van der Waals surface area contributed by atoms with Gasteiger partial charge in [0.1, 0.15) is 0 Å². The molecule has 0 aliphatic carbocycles. The van der Waals surface area contributed by atoms with Crippen molar-refractivity contribution < 1.29 is 24.5 Å². The lowest BCUT2D eigenvalue weighted by molar-refractivity contribution is 0.0201. The highest BCUT2D eigenvalue weighted by molar-refractivity contribution is 5.96. The number of hydrogen-bond acceptors (Lipinski definition) is 6. The number of benzene rings is 1. The van der Waals surface area contributed by atoms with Gasteiger partial charge in [0.05, 0.1) is 19.8 Å². The number of methoxy groups -OCH3 is 1. The average molecular weight is 409 g/mol. The van der Waals surface area contributed by atoms with Gasteiger partial charge in [0.25, 0.3) is 5.91 Å². The molecule has 1 aromatic rings.